The van der Waals surface area contributed by atoms with Gasteiger partial charge in [-0.25, -0.2) is 8.42 Å². The lowest BCUT2D eigenvalue weighted by Gasteiger charge is -2.39. The van der Waals surface area contributed by atoms with Gasteiger partial charge in [-0.3, -0.25) is 9.59 Å². The lowest BCUT2D eigenvalue weighted by molar-refractivity contribution is -0.145. The first-order valence-electron chi connectivity index (χ1n) is 6.68. The fraction of sp³-hybridized carbons (Fsp3) is 0.846. The van der Waals surface area contributed by atoms with Gasteiger partial charge in [0.05, 0.1) is 13.5 Å². The quantitative estimate of drug-likeness (QED) is 0.716. The van der Waals surface area contributed by atoms with E-state index in [9.17, 15) is 18.0 Å². The third-order valence-electron chi connectivity index (χ3n) is 3.96. The molecule has 0 aromatic heterocycles. The summed E-state index contributed by atoms with van der Waals surface area (Å²) in [5, 5.41) is 0. The number of amides is 1. The summed E-state index contributed by atoms with van der Waals surface area (Å²) < 4.78 is 26.7. The zero-order valence-electron chi connectivity index (χ0n) is 12.5. The van der Waals surface area contributed by atoms with Gasteiger partial charge >= 0.3 is 5.97 Å². The maximum atomic E-state index is 12.5. The minimum absolute atomic E-state index is 0.113. The number of hydrogen-bond donors (Lipinski definition) is 0. The predicted octanol–water partition coefficient (Wildman–Crippen LogP) is 0.754. The minimum atomic E-state index is -3.52. The Kier molecular flexibility index (Phi) is 5.18. The van der Waals surface area contributed by atoms with Crippen molar-refractivity contribution in [1.29, 1.82) is 0 Å². The summed E-state index contributed by atoms with van der Waals surface area (Å²) in [5.74, 6) is -0.819. The van der Waals surface area contributed by atoms with E-state index in [2.05, 4.69) is 4.74 Å². The molecule has 0 aromatic carbocycles. The zero-order chi connectivity index (χ0) is 15.6. The first kappa shape index (κ1) is 16.9. The third kappa shape index (κ3) is 3.50. The van der Waals surface area contributed by atoms with Crippen LogP contribution in [0.2, 0.25) is 0 Å². The highest BCUT2D eigenvalue weighted by atomic mass is 32.2. The van der Waals surface area contributed by atoms with E-state index in [0.29, 0.717) is 13.0 Å². The molecule has 1 aliphatic rings. The van der Waals surface area contributed by atoms with Gasteiger partial charge in [0.2, 0.25) is 5.91 Å². The average Bonchev–Trinajstić information content (AvgIpc) is 2.37. The number of carbonyl (C=O) groups is 2. The van der Waals surface area contributed by atoms with Crippen molar-refractivity contribution in [3.8, 4) is 0 Å². The zero-order valence-corrected chi connectivity index (χ0v) is 13.3. The molecule has 0 saturated carbocycles. The van der Waals surface area contributed by atoms with E-state index in [1.165, 1.54) is 25.9 Å². The van der Waals surface area contributed by atoms with E-state index in [1.54, 1.807) is 0 Å². The lowest BCUT2D eigenvalue weighted by Crippen LogP contribution is -2.55. The second-order valence-electron chi connectivity index (χ2n) is 5.71. The number of sulfone groups is 1. The molecule has 1 unspecified atom stereocenters. The Morgan fingerprint density at radius 2 is 1.90 bits per heavy atom. The normalized spacial score (nSPS) is 20.6. The fourth-order valence-electron chi connectivity index (χ4n) is 2.26. The van der Waals surface area contributed by atoms with Crippen LogP contribution in [0, 0.1) is 0 Å². The summed E-state index contributed by atoms with van der Waals surface area (Å²) in [4.78, 5) is 25.5. The van der Waals surface area contributed by atoms with E-state index >= 15 is 0 Å². The van der Waals surface area contributed by atoms with E-state index in [1.807, 2.05) is 0 Å². The van der Waals surface area contributed by atoms with Gasteiger partial charge in [-0.2, -0.15) is 0 Å². The second-order valence-corrected chi connectivity index (χ2v) is 8.28. The van der Waals surface area contributed by atoms with Crippen LogP contribution in [0.25, 0.3) is 0 Å². The van der Waals surface area contributed by atoms with Crippen molar-refractivity contribution in [3.63, 3.8) is 0 Å². The van der Waals surface area contributed by atoms with Gasteiger partial charge in [-0.15, -0.1) is 0 Å². The van der Waals surface area contributed by atoms with Crippen molar-refractivity contribution in [2.24, 2.45) is 0 Å². The maximum Gasteiger partial charge on any atom is 0.307 e. The first-order valence-corrected chi connectivity index (χ1v) is 8.58. The van der Waals surface area contributed by atoms with Crippen LogP contribution in [0.1, 0.15) is 39.5 Å². The first-order chi connectivity index (χ1) is 9.11. The Morgan fingerprint density at radius 1 is 1.30 bits per heavy atom. The van der Waals surface area contributed by atoms with Crippen molar-refractivity contribution in [3.05, 3.63) is 0 Å². The summed E-state index contributed by atoms with van der Waals surface area (Å²) in [7, 11) is -2.21. The number of hydrogen-bond acceptors (Lipinski definition) is 5. The highest BCUT2D eigenvalue weighted by molar-refractivity contribution is 7.92. The van der Waals surface area contributed by atoms with E-state index < -0.39 is 20.5 Å². The average molecular weight is 305 g/mol. The van der Waals surface area contributed by atoms with Gasteiger partial charge in [0.15, 0.2) is 9.84 Å². The van der Waals surface area contributed by atoms with Crippen LogP contribution in [-0.4, -0.2) is 55.9 Å². The third-order valence-corrected chi connectivity index (χ3v) is 5.99. The molecule has 1 fully saturated rings. The molecule has 0 aliphatic carbocycles. The summed E-state index contributed by atoms with van der Waals surface area (Å²) in [6, 6.07) is -0.273. The molecule has 116 valence electrons. The molecule has 0 bridgehead atoms. The molecule has 7 heteroatoms. The maximum absolute atomic E-state index is 12.5. The molecule has 0 spiro atoms. The Bertz CT molecular complexity index is 483. The lowest BCUT2D eigenvalue weighted by atomic mass is 9.97. The van der Waals surface area contributed by atoms with Crippen molar-refractivity contribution >= 4 is 21.7 Å². The molecule has 0 radical (unpaired) electrons. The number of nitrogens with zero attached hydrogens (tertiary/aromatic N) is 1. The minimum Gasteiger partial charge on any atom is -0.469 e. The second kappa shape index (κ2) is 6.11. The number of methoxy groups -OCH3 is 1. The summed E-state index contributed by atoms with van der Waals surface area (Å²) in [5.41, 5.74) is 0. The van der Waals surface area contributed by atoms with Gasteiger partial charge in [-0.1, -0.05) is 0 Å². The van der Waals surface area contributed by atoms with Crippen LogP contribution in [0.4, 0.5) is 0 Å². The van der Waals surface area contributed by atoms with Crippen LogP contribution in [-0.2, 0) is 24.2 Å². The van der Waals surface area contributed by atoms with Gasteiger partial charge in [0.25, 0.3) is 0 Å². The molecule has 0 N–H and O–H groups in total. The van der Waals surface area contributed by atoms with Crippen molar-refractivity contribution in [1.82, 2.24) is 4.90 Å². The monoisotopic (exact) mass is 305 g/mol. The molecule has 1 atom stereocenters. The number of rotatable bonds is 4. The predicted molar refractivity (Wildman–Crippen MR) is 74.9 cm³/mol. The topological polar surface area (TPSA) is 80.8 Å². The number of likely N-dealkylation sites (tertiary alicyclic amines) is 1. The summed E-state index contributed by atoms with van der Waals surface area (Å²) in [6.07, 6.45) is 3.61. The molecule has 6 nitrogen and oxygen atoms in total. The molecule has 0 aromatic rings. The fourth-order valence-corrected chi connectivity index (χ4v) is 2.69. The van der Waals surface area contributed by atoms with Gasteiger partial charge < -0.3 is 9.64 Å². The largest absolute Gasteiger partial charge is 0.469 e. The summed E-state index contributed by atoms with van der Waals surface area (Å²) >= 11 is 0. The van der Waals surface area contributed by atoms with E-state index in [-0.39, 0.29) is 18.4 Å². The van der Waals surface area contributed by atoms with E-state index in [0.717, 1.165) is 19.1 Å². The van der Waals surface area contributed by atoms with E-state index in [4.69, 9.17) is 0 Å². The molecule has 1 amide bonds. The van der Waals surface area contributed by atoms with Crippen molar-refractivity contribution in [2.75, 3.05) is 19.9 Å². The van der Waals surface area contributed by atoms with Crippen LogP contribution < -0.4 is 0 Å². The number of ether oxygens (including phenoxy) is 1. The van der Waals surface area contributed by atoms with Gasteiger partial charge in [-0.05, 0) is 33.1 Å². The highest BCUT2D eigenvalue weighted by Crippen LogP contribution is 2.26. The number of piperidine rings is 1. The molecular formula is C13H23NO5S. The standard InChI is InChI=1S/C13H23NO5S/c1-13(2,20(4,17)18)12(16)14-8-6-5-7-10(14)9-11(15)19-3/h10H,5-9H2,1-4H3. The molecule has 1 heterocycles. The number of carbonyl (C=O) groups excluding carboxylic acids is 2. The smallest absolute Gasteiger partial charge is 0.307 e. The molecule has 1 rings (SSSR count). The summed E-state index contributed by atoms with van der Waals surface area (Å²) in [6.45, 7) is 3.31. The highest BCUT2D eigenvalue weighted by Gasteiger charge is 2.44. The van der Waals surface area contributed by atoms with Gasteiger partial charge in [0.1, 0.15) is 4.75 Å². The van der Waals surface area contributed by atoms with Crippen LogP contribution in [0.5, 0.6) is 0 Å². The molecule has 1 saturated heterocycles. The van der Waals surface area contributed by atoms with Gasteiger partial charge in [0, 0.05) is 18.8 Å². The van der Waals surface area contributed by atoms with Crippen molar-refractivity contribution < 1.29 is 22.7 Å². The molecular weight excluding hydrogens is 282 g/mol. The van der Waals surface area contributed by atoms with Crippen LogP contribution >= 0.6 is 0 Å². The SMILES string of the molecule is COC(=O)CC1CCCCN1C(=O)C(C)(C)S(C)(=O)=O. The number of esters is 1. The van der Waals surface area contributed by atoms with Crippen molar-refractivity contribution in [2.45, 2.75) is 50.3 Å². The Labute approximate surface area is 120 Å². The Hall–Kier alpha value is -1.11. The van der Waals surface area contributed by atoms with Crippen LogP contribution in [0.15, 0.2) is 0 Å². The Balaban J connectivity index is 2.96. The Morgan fingerprint density at radius 3 is 2.40 bits per heavy atom. The molecule has 1 aliphatic heterocycles. The van der Waals surface area contributed by atoms with Crippen LogP contribution in [0.3, 0.4) is 0 Å². The molecule has 20 heavy (non-hydrogen) atoms.